The second-order valence-electron chi connectivity index (χ2n) is 5.88. The van der Waals surface area contributed by atoms with Crippen molar-refractivity contribution in [1.29, 1.82) is 0 Å². The van der Waals surface area contributed by atoms with E-state index < -0.39 is 0 Å². The van der Waals surface area contributed by atoms with Crippen LogP contribution in [0.3, 0.4) is 0 Å². The highest BCUT2D eigenvalue weighted by atomic mass is 16.2. The van der Waals surface area contributed by atoms with Gasteiger partial charge in [0.05, 0.1) is 12.7 Å². The molecule has 0 radical (unpaired) electrons. The molecule has 0 spiro atoms. The van der Waals surface area contributed by atoms with Gasteiger partial charge in [-0.05, 0) is 36.2 Å². The predicted molar refractivity (Wildman–Crippen MR) is 89.2 cm³/mol. The Balaban J connectivity index is 1.75. The number of pyridine rings is 1. The van der Waals surface area contributed by atoms with Gasteiger partial charge in [0.2, 0.25) is 0 Å². The van der Waals surface area contributed by atoms with Gasteiger partial charge in [-0.1, -0.05) is 12.1 Å². The molecule has 120 valence electrons. The summed E-state index contributed by atoms with van der Waals surface area (Å²) in [5.41, 5.74) is 9.75. The van der Waals surface area contributed by atoms with Crippen LogP contribution < -0.4 is 11.6 Å². The molecule has 1 amide bonds. The highest BCUT2D eigenvalue weighted by Crippen LogP contribution is 2.20. The lowest BCUT2D eigenvalue weighted by Gasteiger charge is -2.36. The van der Waals surface area contributed by atoms with Gasteiger partial charge < -0.3 is 10.6 Å². The molecule has 1 fully saturated rings. The summed E-state index contributed by atoms with van der Waals surface area (Å²) in [5.74, 6) is 5.73. The molecule has 3 rings (SSSR count). The van der Waals surface area contributed by atoms with Crippen LogP contribution in [0.1, 0.15) is 15.9 Å². The van der Waals surface area contributed by atoms with Crippen molar-refractivity contribution < 1.29 is 4.79 Å². The topological polar surface area (TPSA) is 88.5 Å². The number of aryl methyl sites for hydroxylation is 1. The van der Waals surface area contributed by atoms with E-state index in [1.807, 2.05) is 43.6 Å². The summed E-state index contributed by atoms with van der Waals surface area (Å²) in [6.45, 7) is 3.63. The summed E-state index contributed by atoms with van der Waals surface area (Å²) in [4.78, 5) is 18.5. The number of nitrogens with two attached hydrogens (primary N) is 2. The molecule has 1 aliphatic rings. The Kier molecular flexibility index (Phi) is 4.38. The molecule has 1 aromatic carbocycles. The Hall–Kier alpha value is -2.28. The first-order valence-electron chi connectivity index (χ1n) is 7.63. The fourth-order valence-corrected chi connectivity index (χ4v) is 2.71. The molecule has 0 saturated carbocycles. The maximum atomic E-state index is 12.6. The van der Waals surface area contributed by atoms with Crippen molar-refractivity contribution in [2.75, 3.05) is 19.6 Å². The van der Waals surface area contributed by atoms with E-state index in [0.29, 0.717) is 25.2 Å². The Bertz CT molecular complexity index is 700. The maximum absolute atomic E-state index is 12.6. The van der Waals surface area contributed by atoms with Gasteiger partial charge in [0.15, 0.2) is 0 Å². The van der Waals surface area contributed by atoms with Gasteiger partial charge in [-0.3, -0.25) is 15.6 Å². The van der Waals surface area contributed by atoms with Gasteiger partial charge in [0.1, 0.15) is 0 Å². The number of hydrazine groups is 1. The van der Waals surface area contributed by atoms with Gasteiger partial charge in [-0.2, -0.15) is 0 Å². The van der Waals surface area contributed by atoms with Crippen LogP contribution in [0.15, 0.2) is 42.7 Å². The lowest BCUT2D eigenvalue weighted by molar-refractivity contribution is 0.0494. The van der Waals surface area contributed by atoms with Crippen LogP contribution >= 0.6 is 0 Å². The van der Waals surface area contributed by atoms with Crippen molar-refractivity contribution in [3.05, 3.63) is 53.9 Å². The monoisotopic (exact) mass is 311 g/mol. The van der Waals surface area contributed by atoms with Crippen LogP contribution in [0.25, 0.3) is 11.1 Å². The zero-order valence-corrected chi connectivity index (χ0v) is 13.1. The summed E-state index contributed by atoms with van der Waals surface area (Å²) in [5, 5.41) is 1.57. The van der Waals surface area contributed by atoms with Gasteiger partial charge in [0.25, 0.3) is 5.91 Å². The molecule has 2 aromatic rings. The van der Waals surface area contributed by atoms with Crippen molar-refractivity contribution in [3.63, 3.8) is 0 Å². The number of carbonyl (C=O) groups is 1. The number of amides is 1. The maximum Gasteiger partial charge on any atom is 0.253 e. The van der Waals surface area contributed by atoms with E-state index >= 15 is 0 Å². The molecule has 1 unspecified atom stereocenters. The predicted octanol–water partition coefficient (Wildman–Crippen LogP) is 0.973. The highest BCUT2D eigenvalue weighted by molar-refractivity contribution is 5.94. The second kappa shape index (κ2) is 6.45. The van der Waals surface area contributed by atoms with Crippen molar-refractivity contribution in [2.24, 2.45) is 11.6 Å². The van der Waals surface area contributed by atoms with Crippen molar-refractivity contribution in [3.8, 4) is 11.1 Å². The molecule has 1 saturated heterocycles. The van der Waals surface area contributed by atoms with Crippen molar-refractivity contribution in [1.82, 2.24) is 14.9 Å². The Labute approximate surface area is 135 Å². The molecule has 2 heterocycles. The average Bonchev–Trinajstić information content (AvgIpc) is 2.57. The minimum atomic E-state index is -0.314. The number of piperazine rings is 1. The number of nitrogens with zero attached hydrogens (tertiary/aromatic N) is 3. The van der Waals surface area contributed by atoms with Crippen LogP contribution in [-0.2, 0) is 0 Å². The summed E-state index contributed by atoms with van der Waals surface area (Å²) in [6, 6.07) is 9.66. The zero-order valence-electron chi connectivity index (χ0n) is 13.1. The van der Waals surface area contributed by atoms with E-state index in [1.54, 1.807) is 9.91 Å². The molecule has 0 aliphatic carbocycles. The SMILES string of the molecule is Cc1cncc(-c2ccc(C(=O)N3CCN(N)C(N)C3)cc2)c1. The number of carbonyl (C=O) groups excluding carboxylic acids is 1. The molecule has 6 nitrogen and oxygen atoms in total. The summed E-state index contributed by atoms with van der Waals surface area (Å²) in [7, 11) is 0. The lowest BCUT2D eigenvalue weighted by Crippen LogP contribution is -2.60. The molecule has 1 atom stereocenters. The van der Waals surface area contributed by atoms with Gasteiger partial charge in [-0.15, -0.1) is 0 Å². The molecule has 1 aromatic heterocycles. The minimum absolute atomic E-state index is 0.0116. The summed E-state index contributed by atoms with van der Waals surface area (Å²) >= 11 is 0. The fourth-order valence-electron chi connectivity index (χ4n) is 2.71. The van der Waals surface area contributed by atoms with Crippen molar-refractivity contribution in [2.45, 2.75) is 13.1 Å². The average molecular weight is 311 g/mol. The van der Waals surface area contributed by atoms with Gasteiger partial charge in [0, 0.05) is 36.6 Å². The number of aromatic nitrogens is 1. The Morgan fingerprint density at radius 1 is 1.17 bits per heavy atom. The van der Waals surface area contributed by atoms with Gasteiger partial charge in [-0.25, -0.2) is 5.01 Å². The van der Waals surface area contributed by atoms with E-state index in [-0.39, 0.29) is 12.1 Å². The molecule has 23 heavy (non-hydrogen) atoms. The molecule has 6 heteroatoms. The van der Waals surface area contributed by atoms with Crippen LogP contribution in [0.4, 0.5) is 0 Å². The third-order valence-corrected chi connectivity index (χ3v) is 4.09. The first kappa shape index (κ1) is 15.6. The van der Waals surface area contributed by atoms with E-state index in [9.17, 15) is 4.79 Å². The first-order valence-corrected chi connectivity index (χ1v) is 7.63. The number of hydrogen-bond acceptors (Lipinski definition) is 5. The number of rotatable bonds is 2. The fraction of sp³-hybridized carbons (Fsp3) is 0.294. The quantitative estimate of drug-likeness (QED) is 0.807. The standard InChI is InChI=1S/C17H21N5O/c1-12-8-15(10-20-9-12)13-2-4-14(5-3-13)17(23)21-6-7-22(19)16(18)11-21/h2-5,8-10,16H,6-7,11,18-19H2,1H3. The summed E-state index contributed by atoms with van der Waals surface area (Å²) < 4.78 is 0. The smallest absolute Gasteiger partial charge is 0.253 e. The number of hydrogen-bond donors (Lipinski definition) is 2. The lowest BCUT2D eigenvalue weighted by atomic mass is 10.0. The third kappa shape index (κ3) is 3.39. The first-order chi connectivity index (χ1) is 11.0. The zero-order chi connectivity index (χ0) is 16.4. The molecular weight excluding hydrogens is 290 g/mol. The minimum Gasteiger partial charge on any atom is -0.334 e. The summed E-state index contributed by atoms with van der Waals surface area (Å²) in [6.07, 6.45) is 3.33. The van der Waals surface area contributed by atoms with E-state index in [1.165, 1.54) is 0 Å². The molecule has 1 aliphatic heterocycles. The molecule has 4 N–H and O–H groups in total. The number of benzene rings is 1. The molecular formula is C17H21N5O. The van der Waals surface area contributed by atoms with Gasteiger partial charge >= 0.3 is 0 Å². The van der Waals surface area contributed by atoms with Crippen LogP contribution in [-0.4, -0.2) is 46.6 Å². The van der Waals surface area contributed by atoms with Crippen LogP contribution in [0.5, 0.6) is 0 Å². The van der Waals surface area contributed by atoms with E-state index in [0.717, 1.165) is 16.7 Å². The highest BCUT2D eigenvalue weighted by Gasteiger charge is 2.25. The van der Waals surface area contributed by atoms with E-state index in [2.05, 4.69) is 11.1 Å². The van der Waals surface area contributed by atoms with Crippen molar-refractivity contribution >= 4 is 5.91 Å². The second-order valence-corrected chi connectivity index (χ2v) is 5.88. The Morgan fingerprint density at radius 3 is 2.57 bits per heavy atom. The van der Waals surface area contributed by atoms with E-state index in [4.69, 9.17) is 11.6 Å². The normalized spacial score (nSPS) is 18.9. The Morgan fingerprint density at radius 2 is 1.91 bits per heavy atom. The third-order valence-electron chi connectivity index (χ3n) is 4.09. The molecule has 0 bridgehead atoms. The van der Waals surface area contributed by atoms with Crippen LogP contribution in [0, 0.1) is 6.92 Å². The largest absolute Gasteiger partial charge is 0.334 e. The van der Waals surface area contributed by atoms with Crippen LogP contribution in [0.2, 0.25) is 0 Å².